The Balaban J connectivity index is 1.54. The highest BCUT2D eigenvalue weighted by atomic mass is 35.5. The van der Waals surface area contributed by atoms with Crippen LogP contribution >= 0.6 is 23.4 Å². The molecule has 0 aliphatic heterocycles. The molecule has 0 unspecified atom stereocenters. The summed E-state index contributed by atoms with van der Waals surface area (Å²) < 4.78 is 2.25. The summed E-state index contributed by atoms with van der Waals surface area (Å²) in [5, 5.41) is 13.4. The topological polar surface area (TPSA) is 59.8 Å². The third-order valence-corrected chi connectivity index (χ3v) is 7.35. The van der Waals surface area contributed by atoms with Crippen molar-refractivity contribution in [3.63, 3.8) is 0 Å². The Hall–Kier alpha value is -2.31. The number of amides is 1. The molecule has 1 saturated carbocycles. The number of hydrogen-bond donors (Lipinski definition) is 1. The molecule has 3 aromatic rings. The third kappa shape index (κ3) is 5.61. The Morgan fingerprint density at radius 2 is 1.82 bits per heavy atom. The van der Waals surface area contributed by atoms with Crippen LogP contribution in [0.3, 0.4) is 0 Å². The summed E-state index contributed by atoms with van der Waals surface area (Å²) in [5.41, 5.74) is 4.18. The van der Waals surface area contributed by atoms with Crippen LogP contribution in [0.4, 0.5) is 5.69 Å². The van der Waals surface area contributed by atoms with Crippen molar-refractivity contribution in [3.8, 4) is 11.4 Å². The van der Waals surface area contributed by atoms with Crippen molar-refractivity contribution in [3.05, 3.63) is 58.6 Å². The predicted molar refractivity (Wildman–Crippen MR) is 137 cm³/mol. The first-order chi connectivity index (χ1) is 15.7. The van der Waals surface area contributed by atoms with Crippen LogP contribution in [0.5, 0.6) is 0 Å². The normalized spacial score (nSPS) is 14.6. The molecule has 1 aliphatic rings. The van der Waals surface area contributed by atoms with Crippen LogP contribution in [0, 0.1) is 6.92 Å². The first-order valence-corrected chi connectivity index (χ1v) is 12.8. The van der Waals surface area contributed by atoms with Crippen molar-refractivity contribution in [2.24, 2.45) is 0 Å². The first-order valence-electron chi connectivity index (χ1n) is 11.5. The second-order valence-electron chi connectivity index (χ2n) is 9.74. The van der Waals surface area contributed by atoms with Gasteiger partial charge in [0.2, 0.25) is 5.91 Å². The van der Waals surface area contributed by atoms with Gasteiger partial charge in [-0.15, -0.1) is 10.2 Å². The SMILES string of the molecule is Cc1ccc(Cl)cc1NC(=O)CSc1nnc(-c2ccc(C(C)(C)C)cc2)n1C1CCCC1. The molecule has 1 aromatic heterocycles. The summed E-state index contributed by atoms with van der Waals surface area (Å²) >= 11 is 7.52. The van der Waals surface area contributed by atoms with Crippen LogP contribution in [-0.4, -0.2) is 26.4 Å². The molecule has 33 heavy (non-hydrogen) atoms. The molecule has 0 bridgehead atoms. The number of aromatic nitrogens is 3. The van der Waals surface area contributed by atoms with Gasteiger partial charge >= 0.3 is 0 Å². The van der Waals surface area contributed by atoms with Gasteiger partial charge in [0.15, 0.2) is 11.0 Å². The molecule has 2 aromatic carbocycles. The highest BCUT2D eigenvalue weighted by molar-refractivity contribution is 7.99. The number of nitrogens with zero attached hydrogens (tertiary/aromatic N) is 3. The molecule has 1 fully saturated rings. The second-order valence-corrected chi connectivity index (χ2v) is 11.1. The predicted octanol–water partition coefficient (Wildman–Crippen LogP) is 7.05. The van der Waals surface area contributed by atoms with Gasteiger partial charge in [0.25, 0.3) is 0 Å². The third-order valence-electron chi connectivity index (χ3n) is 6.17. The fourth-order valence-corrected chi connectivity index (χ4v) is 5.21. The van der Waals surface area contributed by atoms with Crippen molar-refractivity contribution in [2.45, 2.75) is 70.0 Å². The van der Waals surface area contributed by atoms with Gasteiger partial charge in [0, 0.05) is 22.3 Å². The maximum absolute atomic E-state index is 12.7. The lowest BCUT2D eigenvalue weighted by Gasteiger charge is -2.20. The minimum absolute atomic E-state index is 0.0811. The average molecular weight is 483 g/mol. The first kappa shape index (κ1) is 23.8. The zero-order valence-corrected chi connectivity index (χ0v) is 21.3. The Bertz CT molecular complexity index is 1130. The van der Waals surface area contributed by atoms with Crippen LogP contribution in [0.15, 0.2) is 47.6 Å². The van der Waals surface area contributed by atoms with Crippen LogP contribution in [0.25, 0.3) is 11.4 Å². The molecule has 0 atom stereocenters. The maximum Gasteiger partial charge on any atom is 0.234 e. The van der Waals surface area contributed by atoms with E-state index in [9.17, 15) is 4.79 Å². The van der Waals surface area contributed by atoms with Gasteiger partial charge in [0.05, 0.1) is 5.75 Å². The molecular formula is C26H31ClN4OS. The molecule has 1 heterocycles. The van der Waals surface area contributed by atoms with Crippen molar-refractivity contribution < 1.29 is 4.79 Å². The molecule has 0 saturated heterocycles. The quantitative estimate of drug-likeness (QED) is 0.382. The number of thioether (sulfide) groups is 1. The highest BCUT2D eigenvalue weighted by Crippen LogP contribution is 2.37. The molecular weight excluding hydrogens is 452 g/mol. The number of aryl methyl sites for hydroxylation is 1. The summed E-state index contributed by atoms with van der Waals surface area (Å²) in [6.45, 7) is 8.60. The lowest BCUT2D eigenvalue weighted by Crippen LogP contribution is -2.16. The second kappa shape index (κ2) is 9.90. The van der Waals surface area contributed by atoms with Crippen molar-refractivity contribution in [1.82, 2.24) is 14.8 Å². The number of carbonyl (C=O) groups excluding carboxylic acids is 1. The maximum atomic E-state index is 12.7. The van der Waals surface area contributed by atoms with Crippen LogP contribution in [-0.2, 0) is 10.2 Å². The monoisotopic (exact) mass is 482 g/mol. The zero-order valence-electron chi connectivity index (χ0n) is 19.7. The molecule has 1 amide bonds. The van der Waals surface area contributed by atoms with E-state index in [1.165, 1.54) is 30.2 Å². The fraction of sp³-hybridized carbons (Fsp3) is 0.423. The van der Waals surface area contributed by atoms with Crippen LogP contribution in [0.1, 0.15) is 63.6 Å². The standard InChI is InChI=1S/C26H31ClN4OS/c1-17-9-14-20(27)15-22(17)28-23(32)16-33-25-30-29-24(31(25)21-7-5-6-8-21)18-10-12-19(13-11-18)26(2,3)4/h9-15,21H,5-8,16H2,1-4H3,(H,28,32). The Morgan fingerprint density at radius 3 is 2.48 bits per heavy atom. The smallest absolute Gasteiger partial charge is 0.234 e. The van der Waals surface area contributed by atoms with Gasteiger partial charge in [-0.05, 0) is 48.4 Å². The number of anilines is 1. The summed E-state index contributed by atoms with van der Waals surface area (Å²) in [7, 11) is 0. The van der Waals surface area contributed by atoms with Crippen molar-refractivity contribution in [1.29, 1.82) is 0 Å². The van der Waals surface area contributed by atoms with Gasteiger partial charge in [-0.25, -0.2) is 0 Å². The lowest BCUT2D eigenvalue weighted by molar-refractivity contribution is -0.113. The van der Waals surface area contributed by atoms with Gasteiger partial charge in [-0.3, -0.25) is 9.36 Å². The fourth-order valence-electron chi connectivity index (χ4n) is 4.23. The minimum Gasteiger partial charge on any atom is -0.325 e. The molecule has 0 spiro atoms. The number of hydrogen-bond acceptors (Lipinski definition) is 4. The van der Waals surface area contributed by atoms with E-state index in [0.717, 1.165) is 40.6 Å². The van der Waals surface area contributed by atoms with Crippen LogP contribution in [0.2, 0.25) is 5.02 Å². The number of halogens is 1. The molecule has 174 valence electrons. The largest absolute Gasteiger partial charge is 0.325 e. The number of nitrogens with one attached hydrogen (secondary N) is 1. The zero-order chi connectivity index (χ0) is 23.6. The molecule has 7 heteroatoms. The Morgan fingerprint density at radius 1 is 1.12 bits per heavy atom. The van der Waals surface area contributed by atoms with E-state index < -0.39 is 0 Å². The molecule has 5 nitrogen and oxygen atoms in total. The van der Waals surface area contributed by atoms with Gasteiger partial charge < -0.3 is 5.32 Å². The minimum atomic E-state index is -0.0811. The highest BCUT2D eigenvalue weighted by Gasteiger charge is 2.25. The Kier molecular flexibility index (Phi) is 7.15. The van der Waals surface area contributed by atoms with E-state index in [0.29, 0.717) is 11.1 Å². The van der Waals surface area contributed by atoms with Gasteiger partial charge in [-0.2, -0.15) is 0 Å². The molecule has 0 radical (unpaired) electrons. The average Bonchev–Trinajstić information content (AvgIpc) is 3.44. The Labute approximate surface area is 205 Å². The van der Waals surface area contributed by atoms with Crippen molar-refractivity contribution in [2.75, 3.05) is 11.1 Å². The number of benzene rings is 2. The van der Waals surface area contributed by atoms with E-state index >= 15 is 0 Å². The van der Waals surface area contributed by atoms with E-state index in [4.69, 9.17) is 11.6 Å². The summed E-state index contributed by atoms with van der Waals surface area (Å²) in [4.78, 5) is 12.7. The van der Waals surface area contributed by atoms with E-state index in [1.54, 1.807) is 6.07 Å². The molecule has 1 aliphatic carbocycles. The number of rotatable bonds is 6. The van der Waals surface area contributed by atoms with E-state index in [2.05, 4.69) is 65.1 Å². The lowest BCUT2D eigenvalue weighted by atomic mass is 9.86. The summed E-state index contributed by atoms with van der Waals surface area (Å²) in [6, 6.07) is 14.5. The molecule has 4 rings (SSSR count). The van der Waals surface area contributed by atoms with E-state index in [1.807, 2.05) is 19.1 Å². The van der Waals surface area contributed by atoms with E-state index in [-0.39, 0.29) is 17.1 Å². The summed E-state index contributed by atoms with van der Waals surface area (Å²) in [6.07, 6.45) is 4.66. The summed E-state index contributed by atoms with van der Waals surface area (Å²) in [5.74, 6) is 1.07. The molecule has 1 N–H and O–H groups in total. The van der Waals surface area contributed by atoms with Gasteiger partial charge in [-0.1, -0.05) is 87.3 Å². The van der Waals surface area contributed by atoms with Crippen LogP contribution < -0.4 is 5.32 Å². The van der Waals surface area contributed by atoms with Gasteiger partial charge in [0.1, 0.15) is 0 Å². The van der Waals surface area contributed by atoms with Crippen molar-refractivity contribution >= 4 is 35.0 Å². The number of carbonyl (C=O) groups is 1.